The number of nitro benzene ring substituents is 1. The second kappa shape index (κ2) is 5.32. The number of hydrogen-bond donors (Lipinski definition) is 1. The number of aromatic carboxylic acids is 1. The predicted octanol–water partition coefficient (Wildman–Crippen LogP) is 0.916. The Balaban J connectivity index is 2.39. The summed E-state index contributed by atoms with van der Waals surface area (Å²) in [5.74, 6) is -1.25. The molecule has 1 fully saturated rings. The van der Waals surface area contributed by atoms with E-state index in [1.165, 1.54) is 17.0 Å². The van der Waals surface area contributed by atoms with E-state index in [0.29, 0.717) is 6.42 Å². The molecule has 114 valence electrons. The fourth-order valence-electron chi connectivity index (χ4n) is 2.38. The zero-order valence-corrected chi connectivity index (χ0v) is 12.0. The fourth-order valence-corrected chi connectivity index (χ4v) is 4.15. The van der Waals surface area contributed by atoms with E-state index >= 15 is 0 Å². The van der Waals surface area contributed by atoms with Crippen LogP contribution in [0.5, 0.6) is 0 Å². The van der Waals surface area contributed by atoms with E-state index < -0.39 is 20.7 Å². The lowest BCUT2D eigenvalue weighted by Gasteiger charge is -2.25. The van der Waals surface area contributed by atoms with Crippen molar-refractivity contribution < 1.29 is 23.2 Å². The van der Waals surface area contributed by atoms with Gasteiger partial charge in [0, 0.05) is 19.2 Å². The minimum Gasteiger partial charge on any atom is -0.478 e. The Morgan fingerprint density at radius 2 is 2.14 bits per heavy atom. The highest BCUT2D eigenvalue weighted by atomic mass is 32.2. The molecule has 0 amide bonds. The van der Waals surface area contributed by atoms with Crippen molar-refractivity contribution in [3.63, 3.8) is 0 Å². The molecule has 0 saturated carbocycles. The van der Waals surface area contributed by atoms with Gasteiger partial charge in [-0.15, -0.1) is 0 Å². The average molecular weight is 314 g/mol. The van der Waals surface area contributed by atoms with E-state index in [1.54, 1.807) is 7.05 Å². The van der Waals surface area contributed by atoms with Crippen LogP contribution in [0, 0.1) is 10.1 Å². The highest BCUT2D eigenvalue weighted by Gasteiger charge is 2.33. The maximum atomic E-state index is 11.5. The van der Waals surface area contributed by atoms with Crippen molar-refractivity contribution in [3.8, 4) is 0 Å². The maximum absolute atomic E-state index is 11.5. The number of anilines is 1. The molecule has 1 aromatic carbocycles. The zero-order valence-electron chi connectivity index (χ0n) is 11.2. The number of hydrogen-bond acceptors (Lipinski definition) is 6. The summed E-state index contributed by atoms with van der Waals surface area (Å²) < 4.78 is 23.0. The van der Waals surface area contributed by atoms with Crippen molar-refractivity contribution in [2.45, 2.75) is 12.5 Å². The summed E-state index contributed by atoms with van der Waals surface area (Å²) in [6.07, 6.45) is 0.399. The van der Waals surface area contributed by atoms with Gasteiger partial charge in [0.2, 0.25) is 0 Å². The van der Waals surface area contributed by atoms with Gasteiger partial charge in [-0.2, -0.15) is 0 Å². The summed E-state index contributed by atoms with van der Waals surface area (Å²) in [7, 11) is -1.53. The van der Waals surface area contributed by atoms with Gasteiger partial charge in [0.05, 0.1) is 22.0 Å². The van der Waals surface area contributed by atoms with Crippen molar-refractivity contribution in [3.05, 3.63) is 33.9 Å². The minimum atomic E-state index is -3.11. The van der Waals surface area contributed by atoms with Gasteiger partial charge < -0.3 is 10.0 Å². The number of nitro groups is 1. The molecule has 2 rings (SSSR count). The van der Waals surface area contributed by atoms with Gasteiger partial charge in [-0.05, 0) is 18.6 Å². The van der Waals surface area contributed by atoms with Gasteiger partial charge in [-0.1, -0.05) is 0 Å². The normalized spacial score (nSPS) is 20.1. The molecule has 1 atom stereocenters. The van der Waals surface area contributed by atoms with E-state index in [9.17, 15) is 23.3 Å². The highest BCUT2D eigenvalue weighted by Crippen LogP contribution is 2.32. The van der Waals surface area contributed by atoms with Crippen LogP contribution in [-0.2, 0) is 9.84 Å². The molecular formula is C12H14N2O6S. The molecule has 1 aliphatic heterocycles. The predicted molar refractivity (Wildman–Crippen MR) is 75.5 cm³/mol. The monoisotopic (exact) mass is 314 g/mol. The molecule has 0 bridgehead atoms. The SMILES string of the molecule is CN(c1ccc(C(=O)O)cc1[N+](=O)[O-])C1CCS(=O)(=O)C1. The van der Waals surface area contributed by atoms with Gasteiger partial charge in [0.1, 0.15) is 5.69 Å². The first-order valence-electron chi connectivity index (χ1n) is 6.16. The maximum Gasteiger partial charge on any atom is 0.335 e. The first-order valence-corrected chi connectivity index (χ1v) is 7.98. The molecule has 0 aliphatic carbocycles. The lowest BCUT2D eigenvalue weighted by molar-refractivity contribution is -0.384. The molecule has 0 aromatic heterocycles. The molecule has 1 N–H and O–H groups in total. The Labute approximate surface area is 121 Å². The third-order valence-electron chi connectivity index (χ3n) is 3.56. The van der Waals surface area contributed by atoms with Crippen molar-refractivity contribution in [1.82, 2.24) is 0 Å². The van der Waals surface area contributed by atoms with Gasteiger partial charge in [0.25, 0.3) is 5.69 Å². The Morgan fingerprint density at radius 1 is 1.48 bits per heavy atom. The number of sulfone groups is 1. The quantitative estimate of drug-likeness (QED) is 0.648. The summed E-state index contributed by atoms with van der Waals surface area (Å²) in [6.45, 7) is 0. The summed E-state index contributed by atoms with van der Waals surface area (Å²) in [5, 5.41) is 20.0. The Morgan fingerprint density at radius 3 is 2.62 bits per heavy atom. The second-order valence-corrected chi connectivity index (χ2v) is 7.16. The molecular weight excluding hydrogens is 300 g/mol. The number of carboxylic acids is 1. The average Bonchev–Trinajstić information content (AvgIpc) is 2.77. The summed E-state index contributed by atoms with van der Waals surface area (Å²) in [5.41, 5.74) is -0.313. The highest BCUT2D eigenvalue weighted by molar-refractivity contribution is 7.91. The molecule has 1 aromatic rings. The zero-order chi connectivity index (χ0) is 15.8. The minimum absolute atomic E-state index is 0.0542. The summed E-state index contributed by atoms with van der Waals surface area (Å²) in [6, 6.07) is 3.25. The smallest absolute Gasteiger partial charge is 0.335 e. The lowest BCUT2D eigenvalue weighted by Crippen LogP contribution is -2.33. The van der Waals surface area contributed by atoms with Crippen molar-refractivity contribution in [2.75, 3.05) is 23.5 Å². The van der Waals surface area contributed by atoms with Crippen LogP contribution in [0.3, 0.4) is 0 Å². The molecule has 1 unspecified atom stereocenters. The Hall–Kier alpha value is -2.16. The van der Waals surface area contributed by atoms with Crippen LogP contribution in [-0.4, -0.2) is 49.0 Å². The summed E-state index contributed by atoms with van der Waals surface area (Å²) >= 11 is 0. The molecule has 1 heterocycles. The van der Waals surface area contributed by atoms with E-state index in [1.807, 2.05) is 0 Å². The van der Waals surface area contributed by atoms with Crippen molar-refractivity contribution >= 4 is 27.2 Å². The molecule has 9 heteroatoms. The Kier molecular flexibility index (Phi) is 3.86. The number of carboxylic acid groups (broad SMARTS) is 1. The van der Waals surface area contributed by atoms with Gasteiger partial charge in [-0.3, -0.25) is 10.1 Å². The molecule has 1 aliphatic rings. The first kappa shape index (κ1) is 15.2. The van der Waals surface area contributed by atoms with E-state index in [0.717, 1.165) is 6.07 Å². The van der Waals surface area contributed by atoms with E-state index in [-0.39, 0.29) is 34.5 Å². The summed E-state index contributed by atoms with van der Waals surface area (Å²) in [4.78, 5) is 22.9. The van der Waals surface area contributed by atoms with Crippen molar-refractivity contribution in [2.24, 2.45) is 0 Å². The first-order chi connectivity index (χ1) is 9.71. The number of carbonyl (C=O) groups is 1. The molecule has 1 saturated heterocycles. The third kappa shape index (κ3) is 3.13. The fraction of sp³-hybridized carbons (Fsp3) is 0.417. The largest absolute Gasteiger partial charge is 0.478 e. The topological polar surface area (TPSA) is 118 Å². The molecule has 8 nitrogen and oxygen atoms in total. The third-order valence-corrected chi connectivity index (χ3v) is 5.31. The van der Waals surface area contributed by atoms with Crippen molar-refractivity contribution in [1.29, 1.82) is 0 Å². The Bertz CT molecular complexity index is 700. The number of rotatable bonds is 4. The van der Waals surface area contributed by atoms with Crippen LogP contribution in [0.15, 0.2) is 18.2 Å². The van der Waals surface area contributed by atoms with Gasteiger partial charge in [-0.25, -0.2) is 13.2 Å². The van der Waals surface area contributed by atoms with E-state index in [4.69, 9.17) is 5.11 Å². The molecule has 0 radical (unpaired) electrons. The number of nitrogens with zero attached hydrogens (tertiary/aromatic N) is 2. The standard InChI is InChI=1S/C12H14N2O6S/c1-13(9-4-5-21(19,20)7-9)10-3-2-8(12(15)16)6-11(10)14(17)18/h2-3,6,9H,4-5,7H2,1H3,(H,15,16). The van der Waals surface area contributed by atoms with Gasteiger partial charge >= 0.3 is 5.97 Å². The molecule has 0 spiro atoms. The van der Waals surface area contributed by atoms with Crippen LogP contribution in [0.2, 0.25) is 0 Å². The number of benzene rings is 1. The lowest BCUT2D eigenvalue weighted by atomic mass is 10.1. The van der Waals surface area contributed by atoms with Crippen LogP contribution in [0.4, 0.5) is 11.4 Å². The van der Waals surface area contributed by atoms with Gasteiger partial charge in [0.15, 0.2) is 9.84 Å². The second-order valence-electron chi connectivity index (χ2n) is 4.93. The molecule has 21 heavy (non-hydrogen) atoms. The van der Waals surface area contributed by atoms with Crippen LogP contribution < -0.4 is 4.90 Å². The van der Waals surface area contributed by atoms with Crippen LogP contribution >= 0.6 is 0 Å². The van der Waals surface area contributed by atoms with Crippen LogP contribution in [0.25, 0.3) is 0 Å². The van der Waals surface area contributed by atoms with Crippen LogP contribution in [0.1, 0.15) is 16.8 Å². The van der Waals surface area contributed by atoms with E-state index in [2.05, 4.69) is 0 Å².